The lowest BCUT2D eigenvalue weighted by atomic mass is 10.1. The third kappa shape index (κ3) is 5.16. The number of carbonyl (C=O) groups excluding carboxylic acids is 1. The van der Waals surface area contributed by atoms with Gasteiger partial charge in [0.25, 0.3) is 11.5 Å². The van der Waals surface area contributed by atoms with Gasteiger partial charge in [0.15, 0.2) is 0 Å². The summed E-state index contributed by atoms with van der Waals surface area (Å²) in [5.74, 6) is -0.316. The summed E-state index contributed by atoms with van der Waals surface area (Å²) in [5.41, 5.74) is 1.23. The number of fused-ring (bicyclic) bond motifs is 1. The van der Waals surface area contributed by atoms with E-state index in [1.807, 2.05) is 11.9 Å². The van der Waals surface area contributed by atoms with Gasteiger partial charge in [-0.25, -0.2) is 4.39 Å². The van der Waals surface area contributed by atoms with Crippen LogP contribution in [-0.4, -0.2) is 46.8 Å². The van der Waals surface area contributed by atoms with Gasteiger partial charge in [-0.1, -0.05) is 11.6 Å². The van der Waals surface area contributed by atoms with Crippen LogP contribution in [0.4, 0.5) is 21.6 Å². The van der Waals surface area contributed by atoms with E-state index in [1.54, 1.807) is 29.8 Å². The van der Waals surface area contributed by atoms with E-state index in [2.05, 4.69) is 15.6 Å². The second kappa shape index (κ2) is 10.5. The van der Waals surface area contributed by atoms with Gasteiger partial charge in [-0.05, 0) is 50.1 Å². The van der Waals surface area contributed by atoms with Gasteiger partial charge >= 0.3 is 0 Å². The third-order valence-corrected chi connectivity index (χ3v) is 6.19. The second-order valence-electron chi connectivity index (χ2n) is 8.61. The Kier molecular flexibility index (Phi) is 7.37. The Hall–Kier alpha value is -3.43. The van der Waals surface area contributed by atoms with Gasteiger partial charge in [0.05, 0.1) is 29.1 Å². The Bertz CT molecular complexity index is 1310. The summed E-state index contributed by atoms with van der Waals surface area (Å²) in [5, 5.41) is 15.6. The number of pyridine rings is 2. The van der Waals surface area contributed by atoms with Gasteiger partial charge in [0.2, 0.25) is 0 Å². The van der Waals surface area contributed by atoms with Crippen molar-refractivity contribution in [2.75, 3.05) is 30.4 Å². The predicted octanol–water partition coefficient (Wildman–Crippen LogP) is 3.79. The fourth-order valence-corrected chi connectivity index (χ4v) is 4.34. The number of hydrogen-bond acceptors (Lipinski definition) is 6. The third-order valence-electron chi connectivity index (χ3n) is 5.95. The molecule has 1 aromatic carbocycles. The summed E-state index contributed by atoms with van der Waals surface area (Å²) in [6.45, 7) is 2.69. The molecule has 0 spiro atoms. The van der Waals surface area contributed by atoms with Crippen molar-refractivity contribution in [1.29, 1.82) is 0 Å². The fraction of sp³-hybridized carbons (Fsp3) is 0.320. The summed E-state index contributed by atoms with van der Waals surface area (Å²) in [7, 11) is 1.89. The number of amides is 1. The molecule has 0 saturated carbocycles. The number of aliphatic hydroxyl groups excluding tert-OH is 1. The number of nitrogens with one attached hydrogen (secondary N) is 2. The van der Waals surface area contributed by atoms with Gasteiger partial charge in [0.1, 0.15) is 11.6 Å². The molecule has 0 saturated heterocycles. The number of benzene rings is 1. The van der Waals surface area contributed by atoms with E-state index in [1.165, 1.54) is 24.4 Å². The molecule has 1 aliphatic rings. The molecule has 1 atom stereocenters. The first kappa shape index (κ1) is 24.7. The average molecular weight is 500 g/mol. The summed E-state index contributed by atoms with van der Waals surface area (Å²) >= 11 is 6.12. The molecule has 8 nitrogen and oxygen atoms in total. The molecule has 1 amide bonds. The van der Waals surface area contributed by atoms with E-state index in [0.29, 0.717) is 28.8 Å². The molecule has 3 N–H and O–H groups in total. The monoisotopic (exact) mass is 499 g/mol. The van der Waals surface area contributed by atoms with Crippen LogP contribution in [0.15, 0.2) is 47.5 Å². The summed E-state index contributed by atoms with van der Waals surface area (Å²) in [6.07, 6.45) is 4.65. The van der Waals surface area contributed by atoms with Crippen molar-refractivity contribution in [3.63, 3.8) is 0 Å². The minimum Gasteiger partial charge on any atom is -0.394 e. The maximum atomic E-state index is 14.8. The zero-order chi connectivity index (χ0) is 25.1. The quantitative estimate of drug-likeness (QED) is 0.477. The van der Waals surface area contributed by atoms with E-state index < -0.39 is 17.8 Å². The average Bonchev–Trinajstić information content (AvgIpc) is 3.04. The molecular weight excluding hydrogens is 473 g/mol. The van der Waals surface area contributed by atoms with Crippen LogP contribution < -0.4 is 21.1 Å². The van der Waals surface area contributed by atoms with Crippen molar-refractivity contribution in [3.8, 4) is 11.1 Å². The Labute approximate surface area is 207 Å². The standard InChI is InChI=1S/C25H27ClFN5O3/c1-15(14-33)29-23(34)19-13-28-8-7-21(19)30-22-12-18(17-11-16(26)5-6-20(17)27)25(35)32-10-4-3-9-31(2)24(22)32/h5-8,11-13,15,33H,3-4,9-10,14H2,1-2H3,(H,28,30)(H,29,34). The van der Waals surface area contributed by atoms with Crippen LogP contribution in [0, 0.1) is 5.82 Å². The molecule has 10 heteroatoms. The highest BCUT2D eigenvalue weighted by Gasteiger charge is 2.24. The molecule has 3 heterocycles. The number of rotatable bonds is 6. The molecule has 184 valence electrons. The maximum absolute atomic E-state index is 14.8. The van der Waals surface area contributed by atoms with E-state index in [9.17, 15) is 19.1 Å². The number of halogens is 2. The molecule has 35 heavy (non-hydrogen) atoms. The van der Waals surface area contributed by atoms with Gasteiger partial charge in [-0.3, -0.25) is 19.1 Å². The number of aliphatic hydroxyl groups is 1. The van der Waals surface area contributed by atoms with Gasteiger partial charge in [-0.15, -0.1) is 0 Å². The largest absolute Gasteiger partial charge is 0.394 e. The van der Waals surface area contributed by atoms with Crippen LogP contribution in [0.3, 0.4) is 0 Å². The zero-order valence-corrected chi connectivity index (χ0v) is 20.3. The summed E-state index contributed by atoms with van der Waals surface area (Å²) in [6, 6.07) is 6.92. The smallest absolute Gasteiger partial charge is 0.260 e. The molecular formula is C25H27ClFN5O3. The van der Waals surface area contributed by atoms with Crippen molar-refractivity contribution >= 4 is 34.7 Å². The van der Waals surface area contributed by atoms with E-state index >= 15 is 0 Å². The lowest BCUT2D eigenvalue weighted by molar-refractivity contribution is 0.0923. The van der Waals surface area contributed by atoms with Crippen molar-refractivity contribution < 1.29 is 14.3 Å². The van der Waals surface area contributed by atoms with Crippen LogP contribution >= 0.6 is 11.6 Å². The zero-order valence-electron chi connectivity index (χ0n) is 19.5. The van der Waals surface area contributed by atoms with Crippen LogP contribution in [0.1, 0.15) is 30.1 Å². The van der Waals surface area contributed by atoms with E-state index in [4.69, 9.17) is 11.6 Å². The van der Waals surface area contributed by atoms with Crippen molar-refractivity contribution in [1.82, 2.24) is 14.9 Å². The molecule has 1 unspecified atom stereocenters. The summed E-state index contributed by atoms with van der Waals surface area (Å²) < 4.78 is 16.4. The van der Waals surface area contributed by atoms with Crippen molar-refractivity contribution in [2.45, 2.75) is 32.4 Å². The molecule has 2 aromatic heterocycles. The topological polar surface area (TPSA) is 99.5 Å². The lowest BCUT2D eigenvalue weighted by Crippen LogP contribution is -2.35. The highest BCUT2D eigenvalue weighted by molar-refractivity contribution is 6.30. The molecule has 0 aliphatic carbocycles. The van der Waals surface area contributed by atoms with Crippen LogP contribution in [-0.2, 0) is 6.54 Å². The maximum Gasteiger partial charge on any atom is 0.260 e. The van der Waals surface area contributed by atoms with Crippen molar-refractivity contribution in [2.24, 2.45) is 0 Å². The Balaban J connectivity index is 1.88. The van der Waals surface area contributed by atoms with Crippen LogP contribution in [0.2, 0.25) is 5.02 Å². The minimum absolute atomic E-state index is 0.109. The van der Waals surface area contributed by atoms with E-state index in [-0.39, 0.29) is 28.9 Å². The molecule has 3 aromatic rings. The Morgan fingerprint density at radius 1 is 1.20 bits per heavy atom. The fourth-order valence-electron chi connectivity index (χ4n) is 4.17. The normalized spacial score (nSPS) is 14.1. The molecule has 0 fully saturated rings. The number of hydrogen-bond donors (Lipinski definition) is 3. The highest BCUT2D eigenvalue weighted by Crippen LogP contribution is 2.34. The predicted molar refractivity (Wildman–Crippen MR) is 135 cm³/mol. The van der Waals surface area contributed by atoms with Crippen molar-refractivity contribution in [3.05, 3.63) is 69.5 Å². The molecule has 4 rings (SSSR count). The van der Waals surface area contributed by atoms with Crippen LogP contribution in [0.5, 0.6) is 0 Å². The number of carbonyl (C=O) groups is 1. The molecule has 0 radical (unpaired) electrons. The Morgan fingerprint density at radius 2 is 1.97 bits per heavy atom. The number of nitrogens with zero attached hydrogens (tertiary/aromatic N) is 3. The summed E-state index contributed by atoms with van der Waals surface area (Å²) in [4.78, 5) is 32.4. The van der Waals surface area contributed by atoms with Crippen LogP contribution in [0.25, 0.3) is 11.1 Å². The first-order valence-electron chi connectivity index (χ1n) is 11.4. The van der Waals surface area contributed by atoms with Gasteiger partial charge < -0.3 is 20.6 Å². The molecule has 0 bridgehead atoms. The first-order valence-corrected chi connectivity index (χ1v) is 11.7. The number of anilines is 3. The SMILES string of the molecule is CC(CO)NC(=O)c1cnccc1Nc1cc(-c2cc(Cl)ccc2F)c(=O)n2c1N(C)CCCC2. The lowest BCUT2D eigenvalue weighted by Gasteiger charge is -2.25. The highest BCUT2D eigenvalue weighted by atomic mass is 35.5. The minimum atomic E-state index is -0.554. The van der Waals surface area contributed by atoms with Gasteiger partial charge in [0, 0.05) is 49.2 Å². The molecule has 1 aliphatic heterocycles. The van der Waals surface area contributed by atoms with E-state index in [0.717, 1.165) is 19.4 Å². The first-order chi connectivity index (χ1) is 16.8. The van der Waals surface area contributed by atoms with Gasteiger partial charge in [-0.2, -0.15) is 0 Å². The second-order valence-corrected chi connectivity index (χ2v) is 9.04. The Morgan fingerprint density at radius 3 is 2.74 bits per heavy atom. The number of aromatic nitrogens is 2.